The van der Waals surface area contributed by atoms with Gasteiger partial charge in [-0.05, 0) is 44.4 Å². The molecule has 0 saturated carbocycles. The van der Waals surface area contributed by atoms with Gasteiger partial charge in [0.1, 0.15) is 0 Å². The third kappa shape index (κ3) is 3.10. The molecule has 0 spiro atoms. The smallest absolute Gasteiger partial charge is 0.241 e. The minimum absolute atomic E-state index is 0.0386. The SMILES string of the molecule is CN1CCC(NS(=O)(=O)c2ccsc2CN)CC1. The molecule has 102 valence electrons. The Bertz CT molecular complexity index is 490. The maximum atomic E-state index is 12.2. The van der Waals surface area contributed by atoms with Gasteiger partial charge in [-0.2, -0.15) is 0 Å². The van der Waals surface area contributed by atoms with E-state index in [9.17, 15) is 8.42 Å². The van der Waals surface area contributed by atoms with Crippen LogP contribution in [0.3, 0.4) is 0 Å². The van der Waals surface area contributed by atoms with Crippen LogP contribution in [0.1, 0.15) is 17.7 Å². The van der Waals surface area contributed by atoms with Gasteiger partial charge in [0.25, 0.3) is 0 Å². The number of hydrogen-bond acceptors (Lipinski definition) is 5. The zero-order valence-electron chi connectivity index (χ0n) is 10.4. The molecular weight excluding hydrogens is 270 g/mol. The lowest BCUT2D eigenvalue weighted by molar-refractivity contribution is 0.248. The molecule has 2 rings (SSSR count). The molecule has 5 nitrogen and oxygen atoms in total. The van der Waals surface area contributed by atoms with Crippen molar-refractivity contribution in [2.24, 2.45) is 5.73 Å². The Morgan fingerprint density at radius 2 is 2.17 bits per heavy atom. The van der Waals surface area contributed by atoms with E-state index in [-0.39, 0.29) is 12.6 Å². The van der Waals surface area contributed by atoms with Crippen molar-refractivity contribution < 1.29 is 8.42 Å². The molecular formula is C11H19N3O2S2. The van der Waals surface area contributed by atoms with E-state index in [0.717, 1.165) is 30.8 Å². The van der Waals surface area contributed by atoms with Gasteiger partial charge in [0.2, 0.25) is 10.0 Å². The number of thiophene rings is 1. The minimum atomic E-state index is -3.41. The summed E-state index contributed by atoms with van der Waals surface area (Å²) in [6.45, 7) is 2.13. The highest BCUT2D eigenvalue weighted by molar-refractivity contribution is 7.89. The number of piperidine rings is 1. The first-order valence-corrected chi connectivity index (χ1v) is 8.36. The summed E-state index contributed by atoms with van der Waals surface area (Å²) in [6, 6.07) is 1.67. The van der Waals surface area contributed by atoms with E-state index in [4.69, 9.17) is 5.73 Å². The van der Waals surface area contributed by atoms with Gasteiger partial charge < -0.3 is 10.6 Å². The first kappa shape index (κ1) is 14.0. The van der Waals surface area contributed by atoms with E-state index in [1.165, 1.54) is 11.3 Å². The quantitative estimate of drug-likeness (QED) is 0.850. The lowest BCUT2D eigenvalue weighted by Crippen LogP contribution is -2.43. The molecule has 3 N–H and O–H groups in total. The lowest BCUT2D eigenvalue weighted by atomic mass is 10.1. The van der Waals surface area contributed by atoms with Gasteiger partial charge in [0.15, 0.2) is 0 Å². The molecule has 0 unspecified atom stereocenters. The average Bonchev–Trinajstić information content (AvgIpc) is 2.81. The van der Waals surface area contributed by atoms with E-state index in [2.05, 4.69) is 16.7 Å². The molecule has 0 atom stereocenters. The molecule has 1 aromatic rings. The molecule has 0 aromatic carbocycles. The molecule has 1 aromatic heterocycles. The van der Waals surface area contributed by atoms with Crippen molar-refractivity contribution in [3.8, 4) is 0 Å². The molecule has 1 fully saturated rings. The van der Waals surface area contributed by atoms with Crippen LogP contribution in [0.5, 0.6) is 0 Å². The van der Waals surface area contributed by atoms with Gasteiger partial charge >= 0.3 is 0 Å². The molecule has 18 heavy (non-hydrogen) atoms. The Kier molecular flexibility index (Phi) is 4.39. The van der Waals surface area contributed by atoms with Crippen molar-refractivity contribution in [1.82, 2.24) is 9.62 Å². The molecule has 1 aliphatic heterocycles. The normalized spacial score (nSPS) is 19.2. The Labute approximate surface area is 112 Å². The fourth-order valence-electron chi connectivity index (χ4n) is 2.13. The predicted molar refractivity (Wildman–Crippen MR) is 73.1 cm³/mol. The van der Waals surface area contributed by atoms with Gasteiger partial charge in [-0.1, -0.05) is 0 Å². The van der Waals surface area contributed by atoms with Gasteiger partial charge in [-0.25, -0.2) is 13.1 Å². The number of likely N-dealkylation sites (tertiary alicyclic amines) is 1. The van der Waals surface area contributed by atoms with Gasteiger partial charge in [0, 0.05) is 17.5 Å². The highest BCUT2D eigenvalue weighted by Gasteiger charge is 2.25. The van der Waals surface area contributed by atoms with E-state index < -0.39 is 10.0 Å². The van der Waals surface area contributed by atoms with Gasteiger partial charge in [0.05, 0.1) is 4.90 Å². The van der Waals surface area contributed by atoms with Crippen LogP contribution in [-0.2, 0) is 16.6 Å². The van der Waals surface area contributed by atoms with Crippen LogP contribution < -0.4 is 10.5 Å². The van der Waals surface area contributed by atoms with Crippen LogP contribution in [0, 0.1) is 0 Å². The van der Waals surface area contributed by atoms with Crippen LogP contribution >= 0.6 is 11.3 Å². The second-order valence-corrected chi connectivity index (χ2v) is 7.29. The van der Waals surface area contributed by atoms with Crippen LogP contribution in [0.25, 0.3) is 0 Å². The number of nitrogens with one attached hydrogen (secondary N) is 1. The Morgan fingerprint density at radius 3 is 2.78 bits per heavy atom. The summed E-state index contributed by atoms with van der Waals surface area (Å²) in [4.78, 5) is 3.27. The number of rotatable bonds is 4. The maximum Gasteiger partial charge on any atom is 0.241 e. The fraction of sp³-hybridized carbons (Fsp3) is 0.636. The van der Waals surface area contributed by atoms with Crippen molar-refractivity contribution in [3.63, 3.8) is 0 Å². The summed E-state index contributed by atoms with van der Waals surface area (Å²) < 4.78 is 27.3. The maximum absolute atomic E-state index is 12.2. The van der Waals surface area contributed by atoms with Crippen LogP contribution in [0.2, 0.25) is 0 Å². The van der Waals surface area contributed by atoms with Crippen LogP contribution in [0.15, 0.2) is 16.3 Å². The Balaban J connectivity index is 2.08. The molecule has 0 amide bonds. The zero-order valence-corrected chi connectivity index (χ0v) is 12.1. The summed E-state index contributed by atoms with van der Waals surface area (Å²) in [5.41, 5.74) is 5.55. The van der Waals surface area contributed by atoms with Crippen molar-refractivity contribution >= 4 is 21.4 Å². The number of nitrogens with two attached hydrogens (primary N) is 1. The van der Waals surface area contributed by atoms with Crippen molar-refractivity contribution in [2.45, 2.75) is 30.3 Å². The van der Waals surface area contributed by atoms with E-state index in [0.29, 0.717) is 4.90 Å². The first-order valence-electron chi connectivity index (χ1n) is 6.00. The fourth-order valence-corrected chi connectivity index (χ4v) is 4.77. The van der Waals surface area contributed by atoms with Crippen LogP contribution in [-0.4, -0.2) is 39.5 Å². The summed E-state index contributed by atoms with van der Waals surface area (Å²) in [5, 5.41) is 1.77. The average molecular weight is 289 g/mol. The highest BCUT2D eigenvalue weighted by Crippen LogP contribution is 2.22. The zero-order chi connectivity index (χ0) is 13.2. The molecule has 1 aliphatic rings. The van der Waals surface area contributed by atoms with Crippen molar-refractivity contribution in [2.75, 3.05) is 20.1 Å². The molecule has 1 saturated heterocycles. The Morgan fingerprint density at radius 1 is 1.50 bits per heavy atom. The topological polar surface area (TPSA) is 75.4 Å². The number of hydrogen-bond donors (Lipinski definition) is 2. The van der Waals surface area contributed by atoms with Gasteiger partial charge in [-0.15, -0.1) is 11.3 Å². The third-order valence-corrected chi connectivity index (χ3v) is 5.90. The summed E-state index contributed by atoms with van der Waals surface area (Å²) in [7, 11) is -1.36. The second kappa shape index (κ2) is 5.66. The summed E-state index contributed by atoms with van der Waals surface area (Å²) in [6.07, 6.45) is 1.72. The van der Waals surface area contributed by atoms with Gasteiger partial charge in [-0.3, -0.25) is 0 Å². The Hall–Kier alpha value is -0.470. The van der Waals surface area contributed by atoms with E-state index in [1.807, 2.05) is 0 Å². The molecule has 0 bridgehead atoms. The third-order valence-electron chi connectivity index (χ3n) is 3.22. The molecule has 0 aliphatic carbocycles. The largest absolute Gasteiger partial charge is 0.326 e. The predicted octanol–water partition coefficient (Wildman–Crippen LogP) is 0.579. The number of nitrogens with zero attached hydrogens (tertiary/aromatic N) is 1. The first-order chi connectivity index (χ1) is 8.53. The second-order valence-electron chi connectivity index (χ2n) is 4.61. The monoisotopic (exact) mass is 289 g/mol. The standard InChI is InChI=1S/C11H19N3O2S2/c1-14-5-2-9(3-6-14)13-18(15,16)11-4-7-17-10(11)8-12/h4,7,9,13H,2-3,5-6,8,12H2,1H3. The minimum Gasteiger partial charge on any atom is -0.326 e. The van der Waals surface area contributed by atoms with E-state index >= 15 is 0 Å². The van der Waals surface area contributed by atoms with Crippen molar-refractivity contribution in [1.29, 1.82) is 0 Å². The molecule has 0 radical (unpaired) electrons. The highest BCUT2D eigenvalue weighted by atomic mass is 32.2. The lowest BCUT2D eigenvalue weighted by Gasteiger charge is -2.29. The summed E-state index contributed by atoms with van der Waals surface area (Å²) >= 11 is 1.39. The molecule has 2 heterocycles. The summed E-state index contributed by atoms with van der Waals surface area (Å²) in [5.74, 6) is 0. The van der Waals surface area contributed by atoms with Crippen LogP contribution in [0.4, 0.5) is 0 Å². The number of sulfonamides is 1. The molecule has 7 heteroatoms. The van der Waals surface area contributed by atoms with E-state index in [1.54, 1.807) is 11.4 Å². The van der Waals surface area contributed by atoms with Crippen molar-refractivity contribution in [3.05, 3.63) is 16.3 Å².